The predicted octanol–water partition coefficient (Wildman–Crippen LogP) is 2.01. The summed E-state index contributed by atoms with van der Waals surface area (Å²) >= 11 is 0. The van der Waals surface area contributed by atoms with Gasteiger partial charge in [0.15, 0.2) is 0 Å². The molecule has 2 aromatic rings. The highest BCUT2D eigenvalue weighted by atomic mass is 16.6. The van der Waals surface area contributed by atoms with E-state index in [9.17, 15) is 14.7 Å². The monoisotopic (exact) mass is 341 g/mol. The van der Waals surface area contributed by atoms with E-state index in [2.05, 4.69) is 9.73 Å². The van der Waals surface area contributed by atoms with Crippen molar-refractivity contribution in [3.8, 4) is 0 Å². The number of rotatable bonds is 8. The number of aliphatic hydroxyl groups is 1. The average molecular weight is 341 g/mol. The molecule has 0 saturated carbocycles. The van der Waals surface area contributed by atoms with Gasteiger partial charge in [-0.05, 0) is 11.1 Å². The molecule has 25 heavy (non-hydrogen) atoms. The van der Waals surface area contributed by atoms with Crippen molar-refractivity contribution in [3.05, 3.63) is 71.8 Å². The van der Waals surface area contributed by atoms with Gasteiger partial charge in [0, 0.05) is 6.42 Å². The highest BCUT2D eigenvalue weighted by molar-refractivity contribution is 5.80. The molecule has 0 spiro atoms. The van der Waals surface area contributed by atoms with Crippen LogP contribution in [-0.2, 0) is 32.1 Å². The van der Waals surface area contributed by atoms with Crippen molar-refractivity contribution in [2.24, 2.45) is 4.99 Å². The third-order valence-electron chi connectivity index (χ3n) is 3.71. The van der Waals surface area contributed by atoms with Crippen LogP contribution >= 0.6 is 0 Å². The Kier molecular flexibility index (Phi) is 6.60. The van der Waals surface area contributed by atoms with E-state index in [1.807, 2.05) is 60.7 Å². The van der Waals surface area contributed by atoms with Gasteiger partial charge in [0.05, 0.1) is 13.7 Å². The molecule has 0 aliphatic carbocycles. The fourth-order valence-corrected chi connectivity index (χ4v) is 2.39. The van der Waals surface area contributed by atoms with Gasteiger partial charge in [0.2, 0.25) is 6.08 Å². The van der Waals surface area contributed by atoms with Crippen LogP contribution in [-0.4, -0.2) is 36.1 Å². The summed E-state index contributed by atoms with van der Waals surface area (Å²) in [5, 5.41) is 10.7. The van der Waals surface area contributed by atoms with Crippen LogP contribution in [0.3, 0.4) is 0 Å². The summed E-state index contributed by atoms with van der Waals surface area (Å²) in [6, 6.07) is 18.4. The fourth-order valence-electron chi connectivity index (χ4n) is 2.39. The summed E-state index contributed by atoms with van der Waals surface area (Å²) in [4.78, 5) is 26.1. The van der Waals surface area contributed by atoms with Gasteiger partial charge in [-0.3, -0.25) is 0 Å². The molecule has 0 bridgehead atoms. The molecule has 0 amide bonds. The van der Waals surface area contributed by atoms with Crippen molar-refractivity contribution in [3.63, 3.8) is 0 Å². The molecule has 130 valence electrons. The molecule has 0 aromatic heterocycles. The van der Waals surface area contributed by atoms with Crippen LogP contribution in [0, 0.1) is 0 Å². The summed E-state index contributed by atoms with van der Waals surface area (Å²) in [5.41, 5.74) is -0.812. The van der Waals surface area contributed by atoms with Gasteiger partial charge in [-0.25, -0.2) is 9.59 Å². The number of benzene rings is 2. The zero-order chi connectivity index (χ0) is 18.1. The van der Waals surface area contributed by atoms with Crippen LogP contribution in [0.25, 0.3) is 0 Å². The highest BCUT2D eigenvalue weighted by Gasteiger charge is 2.47. The number of carbonyl (C=O) groups excluding carboxylic acids is 2. The smallest absolute Gasteiger partial charge is 0.365 e. The molecule has 1 N–H and O–H groups in total. The molecule has 0 heterocycles. The first-order valence-corrected chi connectivity index (χ1v) is 7.69. The zero-order valence-corrected chi connectivity index (χ0v) is 13.8. The maximum absolute atomic E-state index is 12.0. The Morgan fingerprint density at radius 2 is 1.68 bits per heavy atom. The molecule has 2 rings (SSSR count). The normalized spacial score (nSPS) is 14.0. The lowest BCUT2D eigenvalue weighted by molar-refractivity contribution is -0.180. The van der Waals surface area contributed by atoms with Crippen LogP contribution in [0.15, 0.2) is 65.7 Å². The first kappa shape index (κ1) is 18.5. The Hall–Kier alpha value is -2.79. The van der Waals surface area contributed by atoms with E-state index in [0.29, 0.717) is 0 Å². The first-order chi connectivity index (χ1) is 12.1. The van der Waals surface area contributed by atoms with Gasteiger partial charge in [-0.2, -0.15) is 4.99 Å². The lowest BCUT2D eigenvalue weighted by atomic mass is 9.99. The molecule has 0 radical (unpaired) electrons. The molecule has 0 saturated heterocycles. The van der Waals surface area contributed by atoms with Crippen molar-refractivity contribution in [2.75, 3.05) is 7.11 Å². The number of hydrogen-bond acceptors (Lipinski definition) is 6. The summed E-state index contributed by atoms with van der Waals surface area (Å²) < 4.78 is 10.3. The maximum atomic E-state index is 12.0. The van der Waals surface area contributed by atoms with Gasteiger partial charge in [0.1, 0.15) is 6.10 Å². The highest BCUT2D eigenvalue weighted by Crippen LogP contribution is 2.23. The number of aliphatic imine (C=N–C) groups is 1. The van der Waals surface area contributed by atoms with E-state index in [1.54, 1.807) is 0 Å². The van der Waals surface area contributed by atoms with Crippen LogP contribution in [0.5, 0.6) is 0 Å². The number of ether oxygens (including phenoxy) is 2. The third-order valence-corrected chi connectivity index (χ3v) is 3.71. The largest absolute Gasteiger partial charge is 0.465 e. The summed E-state index contributed by atoms with van der Waals surface area (Å²) in [5.74, 6) is -1.08. The molecular weight excluding hydrogens is 322 g/mol. The molecule has 0 fully saturated rings. The average Bonchev–Trinajstić information content (AvgIpc) is 2.66. The Balaban J connectivity index is 2.29. The van der Waals surface area contributed by atoms with Crippen LogP contribution in [0.1, 0.15) is 11.1 Å². The van der Waals surface area contributed by atoms with E-state index in [1.165, 1.54) is 6.08 Å². The van der Waals surface area contributed by atoms with E-state index < -0.39 is 17.8 Å². The zero-order valence-electron chi connectivity index (χ0n) is 13.8. The van der Waals surface area contributed by atoms with Crippen LogP contribution in [0.2, 0.25) is 0 Å². The van der Waals surface area contributed by atoms with Crippen LogP contribution in [0.4, 0.5) is 0 Å². The second-order valence-electron chi connectivity index (χ2n) is 5.40. The number of carbonyl (C=O) groups is 1. The Morgan fingerprint density at radius 1 is 1.12 bits per heavy atom. The van der Waals surface area contributed by atoms with Gasteiger partial charge >= 0.3 is 5.97 Å². The topological polar surface area (TPSA) is 85.2 Å². The maximum Gasteiger partial charge on any atom is 0.365 e. The molecule has 2 atom stereocenters. The van der Waals surface area contributed by atoms with E-state index >= 15 is 0 Å². The summed E-state index contributed by atoms with van der Waals surface area (Å²) in [6.45, 7) is 0.131. The summed E-state index contributed by atoms with van der Waals surface area (Å²) in [6.07, 6.45) is 0.268. The van der Waals surface area contributed by atoms with Crippen molar-refractivity contribution in [2.45, 2.75) is 24.9 Å². The molecule has 6 heteroatoms. The lowest BCUT2D eigenvalue weighted by Gasteiger charge is -2.29. The van der Waals surface area contributed by atoms with E-state index in [4.69, 9.17) is 4.74 Å². The quantitative estimate of drug-likeness (QED) is 0.451. The fraction of sp³-hybridized carbons (Fsp3) is 0.263. The Bertz CT molecular complexity index is 728. The minimum absolute atomic E-state index is 0.131. The predicted molar refractivity (Wildman–Crippen MR) is 90.3 cm³/mol. The first-order valence-electron chi connectivity index (χ1n) is 7.69. The van der Waals surface area contributed by atoms with Gasteiger partial charge in [-0.15, -0.1) is 0 Å². The minimum atomic E-state index is -2.47. The molecule has 0 unspecified atom stereocenters. The van der Waals surface area contributed by atoms with Gasteiger partial charge < -0.3 is 14.6 Å². The van der Waals surface area contributed by atoms with Crippen molar-refractivity contribution < 1.29 is 24.2 Å². The second kappa shape index (κ2) is 8.89. The number of isocyanates is 1. The van der Waals surface area contributed by atoms with Gasteiger partial charge in [0.25, 0.3) is 5.72 Å². The van der Waals surface area contributed by atoms with E-state index in [0.717, 1.165) is 18.2 Å². The Morgan fingerprint density at radius 3 is 2.20 bits per heavy atom. The SMILES string of the molecule is COC(=O)[C@](O)(N=C=O)[C@H](Cc1ccccc1)OCc1ccccc1. The molecule has 0 aliphatic heterocycles. The molecule has 6 nitrogen and oxygen atoms in total. The number of nitrogens with zero attached hydrogens (tertiary/aromatic N) is 1. The van der Waals surface area contributed by atoms with Crippen molar-refractivity contribution >= 4 is 12.0 Å². The van der Waals surface area contributed by atoms with Crippen molar-refractivity contribution in [1.82, 2.24) is 0 Å². The number of esters is 1. The number of hydrogen-bond donors (Lipinski definition) is 1. The molecular formula is C19H19NO5. The van der Waals surface area contributed by atoms with Crippen LogP contribution < -0.4 is 0 Å². The standard InChI is InChI=1S/C19H19NO5/c1-24-18(22)19(23,20-14-21)17(12-15-8-4-2-5-9-15)25-13-16-10-6-3-7-11-16/h2-11,17,23H,12-13H2,1H3/t17-,19-/m0/s1. The Labute approximate surface area is 145 Å². The summed E-state index contributed by atoms with van der Waals surface area (Å²) in [7, 11) is 1.10. The minimum Gasteiger partial charge on any atom is -0.465 e. The third kappa shape index (κ3) is 4.84. The molecule has 0 aliphatic rings. The van der Waals surface area contributed by atoms with Crippen molar-refractivity contribution in [1.29, 1.82) is 0 Å². The van der Waals surface area contributed by atoms with Gasteiger partial charge in [-0.1, -0.05) is 60.7 Å². The lowest BCUT2D eigenvalue weighted by Crippen LogP contribution is -2.51. The number of methoxy groups -OCH3 is 1. The second-order valence-corrected chi connectivity index (χ2v) is 5.40. The van der Waals surface area contributed by atoms with E-state index in [-0.39, 0.29) is 13.0 Å². The molecule has 2 aromatic carbocycles.